The first-order valence-corrected chi connectivity index (χ1v) is 12.0. The second-order valence-corrected chi connectivity index (χ2v) is 10.8. The molecule has 0 radical (unpaired) electrons. The van der Waals surface area contributed by atoms with Crippen LogP contribution in [0.15, 0.2) is 12.1 Å². The summed E-state index contributed by atoms with van der Waals surface area (Å²) in [6, 6.07) is 2.01. The highest BCUT2D eigenvalue weighted by Gasteiger charge is 2.57. The summed E-state index contributed by atoms with van der Waals surface area (Å²) >= 11 is 0. The molecule has 0 aromatic heterocycles. The van der Waals surface area contributed by atoms with Gasteiger partial charge in [0.25, 0.3) is 5.91 Å². The Kier molecular flexibility index (Phi) is 4.57. The summed E-state index contributed by atoms with van der Waals surface area (Å²) < 4.78 is 36.7. The SMILES string of the molecule is O=C(O)C1CCCN1C(=O)c1cc(C2CC2)c(OC2[C@@H]3CC4C[C@H]2CC(F)(C4)C3)cc1F. The number of aliphatic carboxylic acids is 1. The molecule has 7 heteroatoms. The van der Waals surface area contributed by atoms with Crippen LogP contribution in [0.3, 0.4) is 0 Å². The van der Waals surface area contributed by atoms with Crippen molar-refractivity contribution in [1.29, 1.82) is 0 Å². The van der Waals surface area contributed by atoms with Crippen LogP contribution in [-0.4, -0.2) is 46.2 Å². The summed E-state index contributed by atoms with van der Waals surface area (Å²) in [4.78, 5) is 25.8. The van der Waals surface area contributed by atoms with Crippen LogP contribution in [0.25, 0.3) is 0 Å². The van der Waals surface area contributed by atoms with Crippen molar-refractivity contribution in [1.82, 2.24) is 4.90 Å². The number of carbonyl (C=O) groups is 2. The molecule has 172 valence electrons. The smallest absolute Gasteiger partial charge is 0.326 e. The fraction of sp³-hybridized carbons (Fsp3) is 0.680. The first kappa shape index (κ1) is 20.4. The number of alkyl halides is 1. The molecule has 6 atom stereocenters. The van der Waals surface area contributed by atoms with Crippen molar-refractivity contribution in [2.45, 2.75) is 81.5 Å². The monoisotopic (exact) mass is 445 g/mol. The zero-order valence-electron chi connectivity index (χ0n) is 18.1. The number of amides is 1. The highest BCUT2D eigenvalue weighted by Crippen LogP contribution is 2.58. The minimum atomic E-state index is -1.05. The summed E-state index contributed by atoms with van der Waals surface area (Å²) in [7, 11) is 0. The third-order valence-electron chi connectivity index (χ3n) is 8.52. The van der Waals surface area contributed by atoms with Crippen LogP contribution in [-0.2, 0) is 4.79 Å². The summed E-state index contributed by atoms with van der Waals surface area (Å²) in [5, 5.41) is 9.41. The quantitative estimate of drug-likeness (QED) is 0.714. The van der Waals surface area contributed by atoms with E-state index in [-0.39, 0.29) is 29.4 Å². The van der Waals surface area contributed by atoms with Gasteiger partial charge in [0.1, 0.15) is 29.4 Å². The van der Waals surface area contributed by atoms with Crippen molar-refractivity contribution in [3.05, 3.63) is 29.1 Å². The summed E-state index contributed by atoms with van der Waals surface area (Å²) in [6.45, 7) is 0.323. The molecule has 5 nitrogen and oxygen atoms in total. The van der Waals surface area contributed by atoms with Crippen LogP contribution in [0.5, 0.6) is 5.75 Å². The van der Waals surface area contributed by atoms with Gasteiger partial charge < -0.3 is 14.7 Å². The third kappa shape index (κ3) is 3.30. The Morgan fingerprint density at radius 1 is 1.09 bits per heavy atom. The van der Waals surface area contributed by atoms with Gasteiger partial charge in [0.05, 0.1) is 5.56 Å². The van der Waals surface area contributed by atoms with E-state index in [4.69, 9.17) is 4.74 Å². The van der Waals surface area contributed by atoms with E-state index >= 15 is 8.78 Å². The lowest BCUT2D eigenvalue weighted by atomic mass is 9.53. The van der Waals surface area contributed by atoms with E-state index in [0.717, 1.165) is 31.2 Å². The maximum absolute atomic E-state index is 15.2. The molecule has 4 unspecified atom stereocenters. The molecule has 4 bridgehead atoms. The Balaban J connectivity index is 1.29. The minimum Gasteiger partial charge on any atom is -0.489 e. The van der Waals surface area contributed by atoms with E-state index in [9.17, 15) is 14.7 Å². The molecule has 1 aromatic rings. The van der Waals surface area contributed by atoms with Crippen LogP contribution in [0.4, 0.5) is 8.78 Å². The number of hydrogen-bond acceptors (Lipinski definition) is 3. The Hall–Kier alpha value is -2.18. The van der Waals surface area contributed by atoms with Crippen molar-refractivity contribution in [2.24, 2.45) is 17.8 Å². The van der Waals surface area contributed by atoms with E-state index < -0.39 is 29.4 Å². The van der Waals surface area contributed by atoms with Gasteiger partial charge in [-0.25, -0.2) is 13.6 Å². The Labute approximate surface area is 186 Å². The van der Waals surface area contributed by atoms with Gasteiger partial charge >= 0.3 is 5.97 Å². The molecule has 5 saturated carbocycles. The zero-order chi connectivity index (χ0) is 22.2. The molecule has 6 aliphatic rings. The van der Waals surface area contributed by atoms with E-state index in [0.29, 0.717) is 50.3 Å². The van der Waals surface area contributed by atoms with E-state index in [2.05, 4.69) is 0 Å². The van der Waals surface area contributed by atoms with Gasteiger partial charge in [-0.2, -0.15) is 0 Å². The minimum absolute atomic E-state index is 0.0693. The standard InChI is InChI=1S/C25H29F2NO4/c26-19-9-21(32-22-15-6-13-7-16(22)12-25(27,10-13)11-15)17(14-3-4-14)8-18(19)23(29)28-5-1-2-20(28)24(30)31/h8-9,13-16,20,22H,1-7,10-12H2,(H,30,31)/t13?,15-,16+,20?,22?,25?. The van der Waals surface area contributed by atoms with E-state index in [1.165, 1.54) is 11.0 Å². The first-order chi connectivity index (χ1) is 15.3. The van der Waals surface area contributed by atoms with Gasteiger partial charge in [-0.15, -0.1) is 0 Å². The van der Waals surface area contributed by atoms with Crippen LogP contribution in [0.1, 0.15) is 79.6 Å². The number of carboxylic acids is 1. The van der Waals surface area contributed by atoms with Gasteiger partial charge in [0, 0.05) is 12.6 Å². The first-order valence-electron chi connectivity index (χ1n) is 12.0. The van der Waals surface area contributed by atoms with Gasteiger partial charge in [0.15, 0.2) is 0 Å². The van der Waals surface area contributed by atoms with Crippen LogP contribution in [0, 0.1) is 23.6 Å². The topological polar surface area (TPSA) is 66.8 Å². The van der Waals surface area contributed by atoms with Gasteiger partial charge in [-0.1, -0.05) is 0 Å². The number of likely N-dealkylation sites (tertiary alicyclic amines) is 1. The van der Waals surface area contributed by atoms with Crippen molar-refractivity contribution in [3.8, 4) is 5.75 Å². The van der Waals surface area contributed by atoms with Crippen molar-refractivity contribution in [3.63, 3.8) is 0 Å². The predicted octanol–water partition coefficient (Wildman–Crippen LogP) is 4.69. The summed E-state index contributed by atoms with van der Waals surface area (Å²) in [5.41, 5.74) is -0.280. The number of benzene rings is 1. The van der Waals surface area contributed by atoms with Crippen LogP contribution < -0.4 is 4.74 Å². The van der Waals surface area contributed by atoms with Crippen molar-refractivity contribution in [2.75, 3.05) is 6.54 Å². The number of carbonyl (C=O) groups excluding carboxylic acids is 1. The number of hydrogen-bond donors (Lipinski definition) is 1. The molecule has 1 aliphatic heterocycles. The molecule has 32 heavy (non-hydrogen) atoms. The molecule has 1 heterocycles. The molecule has 7 rings (SSSR count). The van der Waals surface area contributed by atoms with Crippen molar-refractivity contribution < 1.29 is 28.2 Å². The summed E-state index contributed by atoms with van der Waals surface area (Å²) in [5.74, 6) is -0.775. The van der Waals surface area contributed by atoms with E-state index in [1.807, 2.05) is 0 Å². The number of rotatable bonds is 5. The fourth-order valence-corrected chi connectivity index (χ4v) is 7.19. The summed E-state index contributed by atoms with van der Waals surface area (Å²) in [6.07, 6.45) is 6.54. The van der Waals surface area contributed by atoms with Crippen LogP contribution in [0.2, 0.25) is 0 Å². The molecule has 5 aliphatic carbocycles. The largest absolute Gasteiger partial charge is 0.489 e. The van der Waals surface area contributed by atoms with Gasteiger partial charge in [-0.3, -0.25) is 4.79 Å². The second kappa shape index (κ2) is 7.16. The molecular weight excluding hydrogens is 416 g/mol. The van der Waals surface area contributed by atoms with Crippen LogP contribution >= 0.6 is 0 Å². The molecule has 1 N–H and O–H groups in total. The third-order valence-corrected chi connectivity index (χ3v) is 8.52. The fourth-order valence-electron chi connectivity index (χ4n) is 7.19. The highest BCUT2D eigenvalue weighted by atomic mass is 19.1. The number of carboxylic acid groups (broad SMARTS) is 1. The molecule has 6 fully saturated rings. The molecule has 1 amide bonds. The predicted molar refractivity (Wildman–Crippen MR) is 112 cm³/mol. The average molecular weight is 446 g/mol. The normalized spacial score (nSPS) is 37.7. The number of ether oxygens (including phenoxy) is 1. The molecular formula is C25H29F2NO4. The maximum Gasteiger partial charge on any atom is 0.326 e. The van der Waals surface area contributed by atoms with Gasteiger partial charge in [-0.05, 0) is 93.1 Å². The lowest BCUT2D eigenvalue weighted by Crippen LogP contribution is -2.56. The Bertz CT molecular complexity index is 961. The lowest BCUT2D eigenvalue weighted by Gasteiger charge is -2.56. The lowest BCUT2D eigenvalue weighted by molar-refractivity contribution is -0.141. The maximum atomic E-state index is 15.2. The van der Waals surface area contributed by atoms with Gasteiger partial charge in [0.2, 0.25) is 0 Å². The van der Waals surface area contributed by atoms with Crippen molar-refractivity contribution >= 4 is 11.9 Å². The number of halogens is 2. The Morgan fingerprint density at radius 3 is 2.44 bits per heavy atom. The molecule has 0 spiro atoms. The van der Waals surface area contributed by atoms with E-state index in [1.54, 1.807) is 6.07 Å². The molecule has 1 aromatic carbocycles. The average Bonchev–Trinajstić information content (AvgIpc) is 3.43. The number of nitrogens with zero attached hydrogens (tertiary/aromatic N) is 1. The highest BCUT2D eigenvalue weighted by molar-refractivity contribution is 5.97. The Morgan fingerprint density at radius 2 is 1.81 bits per heavy atom. The molecule has 1 saturated heterocycles. The zero-order valence-corrected chi connectivity index (χ0v) is 18.1. The second-order valence-electron chi connectivity index (χ2n) is 10.8.